The summed E-state index contributed by atoms with van der Waals surface area (Å²) in [6.07, 6.45) is 2.03. The molecule has 9 nitrogen and oxygen atoms in total. The maximum Gasteiger partial charge on any atom is 0.407 e. The van der Waals surface area contributed by atoms with E-state index in [1.54, 1.807) is 30.3 Å². The Kier molecular flexibility index (Phi) is 11.6. The quantitative estimate of drug-likeness (QED) is 0.462. The third-order valence-electron chi connectivity index (χ3n) is 6.23. The maximum atomic E-state index is 13.2. The SMILES string of the molecule is CC=O.CC[C@H](NC(=O)O[C@@H]1CC2CCO[C@@H]2C1)[C@H](O)CN(CC(C)C)S(=O)(=O)c1ccccc1. The number of amides is 1. The number of nitrogens with zero attached hydrogens (tertiary/aromatic N) is 1. The van der Waals surface area contributed by atoms with E-state index in [-0.39, 0.29) is 36.1 Å². The summed E-state index contributed by atoms with van der Waals surface area (Å²) >= 11 is 0. The third-order valence-corrected chi connectivity index (χ3v) is 8.07. The zero-order chi connectivity index (χ0) is 26.0. The lowest BCUT2D eigenvalue weighted by Crippen LogP contribution is -2.50. The molecule has 3 rings (SSSR count). The molecule has 1 aromatic rings. The number of aldehydes is 1. The Balaban J connectivity index is 0.00000137. The molecule has 1 amide bonds. The molecule has 2 N–H and O–H groups in total. The molecule has 10 heteroatoms. The van der Waals surface area contributed by atoms with Gasteiger partial charge in [-0.15, -0.1) is 0 Å². The normalized spacial score (nSPS) is 23.2. The predicted molar refractivity (Wildman–Crippen MR) is 132 cm³/mol. The minimum Gasteiger partial charge on any atom is -0.446 e. The smallest absolute Gasteiger partial charge is 0.407 e. The number of ether oxygens (including phenoxy) is 2. The van der Waals surface area contributed by atoms with Crippen molar-refractivity contribution in [3.63, 3.8) is 0 Å². The average Bonchev–Trinajstić information content (AvgIpc) is 3.39. The Hall–Kier alpha value is -2.01. The number of alkyl carbamates (subject to hydrolysis) is 1. The molecule has 0 radical (unpaired) electrons. The lowest BCUT2D eigenvalue weighted by atomic mass is 10.1. The Bertz CT molecular complexity index is 882. The van der Waals surface area contributed by atoms with Crippen LogP contribution in [0.15, 0.2) is 35.2 Å². The lowest BCUT2D eigenvalue weighted by Gasteiger charge is -2.30. The molecule has 1 saturated carbocycles. The molecule has 1 aliphatic heterocycles. The van der Waals surface area contributed by atoms with Gasteiger partial charge in [0.05, 0.1) is 23.1 Å². The minimum atomic E-state index is -3.77. The fourth-order valence-electron chi connectivity index (χ4n) is 4.57. The number of hydrogen-bond acceptors (Lipinski definition) is 7. The topological polar surface area (TPSA) is 122 Å². The Morgan fingerprint density at radius 1 is 1.26 bits per heavy atom. The first-order valence-corrected chi connectivity index (χ1v) is 13.8. The van der Waals surface area contributed by atoms with Gasteiger partial charge < -0.3 is 24.7 Å². The fraction of sp³-hybridized carbons (Fsp3) is 0.680. The number of hydrogen-bond donors (Lipinski definition) is 2. The monoisotopic (exact) mass is 512 g/mol. The molecule has 0 bridgehead atoms. The van der Waals surface area contributed by atoms with Crippen LogP contribution in [0, 0.1) is 11.8 Å². The van der Waals surface area contributed by atoms with Crippen molar-refractivity contribution in [3.8, 4) is 0 Å². The molecule has 198 valence electrons. The number of sulfonamides is 1. The summed E-state index contributed by atoms with van der Waals surface area (Å²) in [6.45, 7) is 8.05. The van der Waals surface area contributed by atoms with E-state index in [1.165, 1.54) is 11.2 Å². The van der Waals surface area contributed by atoms with Gasteiger partial charge in [-0.25, -0.2) is 13.2 Å². The highest BCUT2D eigenvalue weighted by Gasteiger charge is 2.40. The van der Waals surface area contributed by atoms with E-state index in [1.807, 2.05) is 20.8 Å². The van der Waals surface area contributed by atoms with Crippen molar-refractivity contribution in [2.45, 2.75) is 82.6 Å². The van der Waals surface area contributed by atoms with Crippen LogP contribution >= 0.6 is 0 Å². The van der Waals surface area contributed by atoms with Crippen molar-refractivity contribution in [2.75, 3.05) is 19.7 Å². The van der Waals surface area contributed by atoms with E-state index in [0.29, 0.717) is 18.8 Å². The number of aliphatic hydroxyl groups excluding tert-OH is 1. The van der Waals surface area contributed by atoms with Crippen LogP contribution in [-0.2, 0) is 24.3 Å². The van der Waals surface area contributed by atoms with Gasteiger partial charge in [-0.05, 0) is 50.2 Å². The molecule has 0 spiro atoms. The van der Waals surface area contributed by atoms with Gasteiger partial charge in [-0.2, -0.15) is 4.31 Å². The highest BCUT2D eigenvalue weighted by atomic mass is 32.2. The average molecular weight is 513 g/mol. The van der Waals surface area contributed by atoms with E-state index < -0.39 is 28.3 Å². The summed E-state index contributed by atoms with van der Waals surface area (Å²) < 4.78 is 38.8. The molecule has 1 aliphatic carbocycles. The van der Waals surface area contributed by atoms with E-state index >= 15 is 0 Å². The largest absolute Gasteiger partial charge is 0.446 e. The Labute approximate surface area is 209 Å². The van der Waals surface area contributed by atoms with Gasteiger partial charge in [0.2, 0.25) is 10.0 Å². The summed E-state index contributed by atoms with van der Waals surface area (Å²) in [7, 11) is -3.77. The molecule has 1 aromatic carbocycles. The van der Waals surface area contributed by atoms with Crippen molar-refractivity contribution in [3.05, 3.63) is 30.3 Å². The number of carbonyl (C=O) groups excluding carboxylic acids is 2. The molecule has 35 heavy (non-hydrogen) atoms. The van der Waals surface area contributed by atoms with Crippen LogP contribution in [0.3, 0.4) is 0 Å². The maximum absolute atomic E-state index is 13.2. The molecule has 1 heterocycles. The van der Waals surface area contributed by atoms with Crippen molar-refractivity contribution in [2.24, 2.45) is 11.8 Å². The minimum absolute atomic E-state index is 0.0720. The molecule has 2 aliphatic rings. The standard InChI is InChI=1S/C23H36N2O6S.C2H4O/c1-4-20(24-23(27)31-18-12-17-10-11-30-22(17)13-18)21(26)15-25(14-16(2)3)32(28,29)19-8-6-5-7-9-19;1-2-3/h5-9,16-18,20-22,26H,4,10-15H2,1-3H3,(H,24,27);2H,1H3/t17?,18-,20+,21-,22-;/m1./s1. The van der Waals surface area contributed by atoms with Gasteiger partial charge in [-0.3, -0.25) is 0 Å². The van der Waals surface area contributed by atoms with Gasteiger partial charge in [0.1, 0.15) is 12.4 Å². The van der Waals surface area contributed by atoms with E-state index in [2.05, 4.69) is 5.32 Å². The first-order chi connectivity index (χ1) is 16.6. The summed E-state index contributed by atoms with van der Waals surface area (Å²) in [6, 6.07) is 7.56. The van der Waals surface area contributed by atoms with Gasteiger partial charge in [0, 0.05) is 26.1 Å². The van der Waals surface area contributed by atoms with Crippen LogP contribution in [0.4, 0.5) is 4.79 Å². The van der Waals surface area contributed by atoms with Crippen LogP contribution in [0.25, 0.3) is 0 Å². The third kappa shape index (κ3) is 8.56. The summed E-state index contributed by atoms with van der Waals surface area (Å²) in [5.41, 5.74) is 0. The zero-order valence-electron chi connectivity index (χ0n) is 21.1. The van der Waals surface area contributed by atoms with Gasteiger partial charge in [-0.1, -0.05) is 39.0 Å². The molecule has 1 unspecified atom stereocenters. The molecular formula is C25H40N2O7S. The first kappa shape index (κ1) is 29.2. The predicted octanol–water partition coefficient (Wildman–Crippen LogP) is 2.97. The second-order valence-corrected chi connectivity index (χ2v) is 11.4. The summed E-state index contributed by atoms with van der Waals surface area (Å²) in [5, 5.41) is 13.6. The van der Waals surface area contributed by atoms with Crippen LogP contribution in [0.2, 0.25) is 0 Å². The Morgan fingerprint density at radius 2 is 1.91 bits per heavy atom. The highest BCUT2D eigenvalue weighted by molar-refractivity contribution is 7.89. The van der Waals surface area contributed by atoms with Gasteiger partial charge >= 0.3 is 6.09 Å². The van der Waals surface area contributed by atoms with Crippen LogP contribution in [-0.4, -0.2) is 74.3 Å². The number of fused-ring (bicyclic) bond motifs is 1. The van der Waals surface area contributed by atoms with Crippen LogP contribution in [0.5, 0.6) is 0 Å². The summed E-state index contributed by atoms with van der Waals surface area (Å²) in [4.78, 5) is 21.4. The van der Waals surface area contributed by atoms with Gasteiger partial charge in [0.25, 0.3) is 0 Å². The van der Waals surface area contributed by atoms with Crippen molar-refractivity contribution >= 4 is 22.4 Å². The number of benzene rings is 1. The van der Waals surface area contributed by atoms with E-state index in [4.69, 9.17) is 14.3 Å². The van der Waals surface area contributed by atoms with Crippen LogP contribution in [0.1, 0.15) is 53.4 Å². The number of rotatable bonds is 10. The highest BCUT2D eigenvalue weighted by Crippen LogP contribution is 2.37. The molecule has 0 aromatic heterocycles. The number of carbonyl (C=O) groups is 2. The van der Waals surface area contributed by atoms with Gasteiger partial charge in [0.15, 0.2) is 0 Å². The fourth-order valence-corrected chi connectivity index (χ4v) is 6.22. The van der Waals surface area contributed by atoms with Crippen molar-refractivity contribution in [1.29, 1.82) is 0 Å². The molecular weight excluding hydrogens is 472 g/mol. The van der Waals surface area contributed by atoms with Crippen molar-refractivity contribution < 1.29 is 32.6 Å². The molecule has 2 fully saturated rings. The second kappa shape index (κ2) is 13.9. The number of nitrogens with one attached hydrogen (secondary N) is 1. The first-order valence-electron chi connectivity index (χ1n) is 12.3. The zero-order valence-corrected chi connectivity index (χ0v) is 21.9. The lowest BCUT2D eigenvalue weighted by molar-refractivity contribution is -0.106. The van der Waals surface area contributed by atoms with Crippen molar-refractivity contribution in [1.82, 2.24) is 9.62 Å². The van der Waals surface area contributed by atoms with Crippen LogP contribution < -0.4 is 5.32 Å². The summed E-state index contributed by atoms with van der Waals surface area (Å²) in [5.74, 6) is 0.524. The number of aliphatic hydroxyl groups is 1. The van der Waals surface area contributed by atoms with E-state index in [9.17, 15) is 18.3 Å². The second-order valence-electron chi connectivity index (χ2n) is 9.45. The molecule has 1 saturated heterocycles. The Morgan fingerprint density at radius 3 is 2.49 bits per heavy atom. The van der Waals surface area contributed by atoms with E-state index in [0.717, 1.165) is 25.7 Å². The molecule has 5 atom stereocenters.